The first-order chi connectivity index (χ1) is 13.6. The SMILES string of the molecule is Cc1ccc(N(CC(=O)N2CCN(C)CC2)S(=O)(=O)c2c(C)nn(C)c2C)cc1. The largest absolute Gasteiger partial charge is 0.339 e. The number of benzene rings is 1. The van der Waals surface area contributed by atoms with Crippen molar-refractivity contribution < 1.29 is 13.2 Å². The summed E-state index contributed by atoms with van der Waals surface area (Å²) < 4.78 is 30.0. The zero-order chi connectivity index (χ0) is 21.3. The van der Waals surface area contributed by atoms with Crippen molar-refractivity contribution in [2.24, 2.45) is 7.05 Å². The quantitative estimate of drug-likeness (QED) is 0.730. The van der Waals surface area contributed by atoms with Crippen molar-refractivity contribution in [1.29, 1.82) is 0 Å². The molecule has 0 saturated carbocycles. The van der Waals surface area contributed by atoms with Gasteiger partial charge < -0.3 is 9.80 Å². The van der Waals surface area contributed by atoms with Gasteiger partial charge in [0.25, 0.3) is 10.0 Å². The van der Waals surface area contributed by atoms with E-state index in [1.807, 2.05) is 26.1 Å². The fraction of sp³-hybridized carbons (Fsp3) is 0.500. The number of aromatic nitrogens is 2. The highest BCUT2D eigenvalue weighted by Gasteiger charge is 2.33. The van der Waals surface area contributed by atoms with E-state index in [2.05, 4.69) is 10.00 Å². The minimum Gasteiger partial charge on any atom is -0.339 e. The van der Waals surface area contributed by atoms with Crippen LogP contribution in [-0.2, 0) is 21.9 Å². The standard InChI is InChI=1S/C20H29N5O3S/c1-15-6-8-18(9-7-15)25(14-19(26)24-12-10-22(4)11-13-24)29(27,28)20-16(2)21-23(5)17(20)3/h6-9H,10-14H2,1-5H3. The number of hydrogen-bond acceptors (Lipinski definition) is 5. The zero-order valence-corrected chi connectivity index (χ0v) is 18.5. The lowest BCUT2D eigenvalue weighted by Crippen LogP contribution is -2.51. The predicted molar refractivity (Wildman–Crippen MR) is 112 cm³/mol. The van der Waals surface area contributed by atoms with Gasteiger partial charge in [0, 0.05) is 33.2 Å². The summed E-state index contributed by atoms with van der Waals surface area (Å²) in [6, 6.07) is 7.18. The Labute approximate surface area is 172 Å². The number of nitrogens with zero attached hydrogens (tertiary/aromatic N) is 5. The van der Waals surface area contributed by atoms with Crippen molar-refractivity contribution in [3.05, 3.63) is 41.2 Å². The van der Waals surface area contributed by atoms with Gasteiger partial charge in [0.05, 0.1) is 17.1 Å². The lowest BCUT2D eigenvalue weighted by molar-refractivity contribution is -0.131. The van der Waals surface area contributed by atoms with Crippen LogP contribution in [0.3, 0.4) is 0 Å². The predicted octanol–water partition coefficient (Wildman–Crippen LogP) is 1.31. The molecular formula is C20H29N5O3S. The fourth-order valence-corrected chi connectivity index (χ4v) is 5.36. The van der Waals surface area contributed by atoms with Gasteiger partial charge in [0.2, 0.25) is 5.91 Å². The maximum atomic E-state index is 13.6. The van der Waals surface area contributed by atoms with E-state index in [-0.39, 0.29) is 17.3 Å². The van der Waals surface area contributed by atoms with E-state index < -0.39 is 10.0 Å². The smallest absolute Gasteiger partial charge is 0.268 e. The van der Waals surface area contributed by atoms with Gasteiger partial charge in [-0.2, -0.15) is 5.10 Å². The number of anilines is 1. The second-order valence-corrected chi connectivity index (χ2v) is 9.45. The molecule has 0 bridgehead atoms. The first-order valence-electron chi connectivity index (χ1n) is 9.67. The van der Waals surface area contributed by atoms with Crippen LogP contribution in [0, 0.1) is 20.8 Å². The molecule has 2 heterocycles. The van der Waals surface area contributed by atoms with E-state index in [4.69, 9.17) is 0 Å². The first-order valence-corrected chi connectivity index (χ1v) is 11.1. The second-order valence-electron chi connectivity index (χ2n) is 7.65. The zero-order valence-electron chi connectivity index (χ0n) is 17.7. The summed E-state index contributed by atoms with van der Waals surface area (Å²) in [5, 5.41) is 4.25. The number of carbonyl (C=O) groups excluding carboxylic acids is 1. The Morgan fingerprint density at radius 1 is 1.03 bits per heavy atom. The van der Waals surface area contributed by atoms with Crippen LogP contribution in [0.15, 0.2) is 29.2 Å². The van der Waals surface area contributed by atoms with Crippen LogP contribution in [0.2, 0.25) is 0 Å². The van der Waals surface area contributed by atoms with Crippen LogP contribution in [-0.4, -0.2) is 73.7 Å². The number of carbonyl (C=O) groups is 1. The number of piperazine rings is 1. The molecular weight excluding hydrogens is 390 g/mol. The number of hydrogen-bond donors (Lipinski definition) is 0. The molecule has 9 heteroatoms. The van der Waals surface area contributed by atoms with Crippen LogP contribution in [0.25, 0.3) is 0 Å². The first kappa shape index (κ1) is 21.3. The normalized spacial score (nSPS) is 15.6. The van der Waals surface area contributed by atoms with Crippen LogP contribution in [0.4, 0.5) is 5.69 Å². The number of likely N-dealkylation sites (N-methyl/N-ethyl adjacent to an activating group) is 1. The van der Waals surface area contributed by atoms with Crippen LogP contribution >= 0.6 is 0 Å². The molecule has 1 aliphatic rings. The van der Waals surface area contributed by atoms with Crippen LogP contribution in [0.5, 0.6) is 0 Å². The van der Waals surface area contributed by atoms with E-state index in [1.54, 1.807) is 42.6 Å². The molecule has 0 spiro atoms. The van der Waals surface area contributed by atoms with Crippen molar-refractivity contribution in [2.45, 2.75) is 25.7 Å². The molecule has 1 saturated heterocycles. The molecule has 158 valence electrons. The molecule has 0 radical (unpaired) electrons. The van der Waals surface area contributed by atoms with Gasteiger partial charge in [-0.05, 0) is 40.0 Å². The molecule has 0 aliphatic carbocycles. The minimum atomic E-state index is -3.96. The van der Waals surface area contributed by atoms with Gasteiger partial charge in [-0.3, -0.25) is 13.8 Å². The molecule has 1 fully saturated rings. The summed E-state index contributed by atoms with van der Waals surface area (Å²) in [5.41, 5.74) is 2.46. The van der Waals surface area contributed by atoms with Gasteiger partial charge in [-0.1, -0.05) is 17.7 Å². The Hall–Kier alpha value is -2.39. The highest BCUT2D eigenvalue weighted by Crippen LogP contribution is 2.28. The summed E-state index contributed by atoms with van der Waals surface area (Å²) >= 11 is 0. The Morgan fingerprint density at radius 3 is 2.14 bits per heavy atom. The Morgan fingerprint density at radius 2 is 1.62 bits per heavy atom. The highest BCUT2D eigenvalue weighted by atomic mass is 32.2. The average Bonchev–Trinajstić information content (AvgIpc) is 2.93. The van der Waals surface area contributed by atoms with Gasteiger partial charge in [-0.25, -0.2) is 8.42 Å². The summed E-state index contributed by atoms with van der Waals surface area (Å²) in [4.78, 5) is 17.0. The van der Waals surface area contributed by atoms with Gasteiger partial charge in [-0.15, -0.1) is 0 Å². The Kier molecular flexibility index (Phi) is 6.00. The Balaban J connectivity index is 1.99. The Bertz CT molecular complexity index is 990. The molecule has 3 rings (SSSR count). The van der Waals surface area contributed by atoms with Crippen molar-refractivity contribution in [3.63, 3.8) is 0 Å². The fourth-order valence-electron chi connectivity index (χ4n) is 3.54. The van der Waals surface area contributed by atoms with E-state index in [0.29, 0.717) is 30.2 Å². The maximum absolute atomic E-state index is 13.6. The number of amides is 1. The molecule has 1 aromatic heterocycles. The lowest BCUT2D eigenvalue weighted by Gasteiger charge is -2.34. The van der Waals surface area contributed by atoms with E-state index >= 15 is 0 Å². The summed E-state index contributed by atoms with van der Waals surface area (Å²) in [7, 11) is -0.232. The van der Waals surface area contributed by atoms with Crippen molar-refractivity contribution in [3.8, 4) is 0 Å². The molecule has 1 amide bonds. The summed E-state index contributed by atoms with van der Waals surface area (Å²) in [6.45, 7) is 7.87. The molecule has 2 aromatic rings. The molecule has 1 aromatic carbocycles. The maximum Gasteiger partial charge on any atom is 0.268 e. The molecule has 29 heavy (non-hydrogen) atoms. The van der Waals surface area contributed by atoms with Crippen LogP contribution in [0.1, 0.15) is 17.0 Å². The van der Waals surface area contributed by atoms with Gasteiger partial charge in [0.15, 0.2) is 0 Å². The summed E-state index contributed by atoms with van der Waals surface area (Å²) in [5.74, 6) is -0.193. The number of rotatable bonds is 5. The molecule has 1 aliphatic heterocycles. The molecule has 8 nitrogen and oxygen atoms in total. The third-order valence-corrected chi connectivity index (χ3v) is 7.47. The summed E-state index contributed by atoms with van der Waals surface area (Å²) in [6.07, 6.45) is 0. The van der Waals surface area contributed by atoms with E-state index in [1.165, 1.54) is 4.31 Å². The minimum absolute atomic E-state index is 0.159. The number of sulfonamides is 1. The molecule has 0 N–H and O–H groups in total. The second kappa shape index (κ2) is 8.16. The molecule has 0 atom stereocenters. The lowest BCUT2D eigenvalue weighted by atomic mass is 10.2. The third kappa shape index (κ3) is 4.30. The molecule has 0 unspecified atom stereocenters. The van der Waals surface area contributed by atoms with E-state index in [0.717, 1.165) is 18.7 Å². The average molecular weight is 420 g/mol. The number of aryl methyl sites for hydroxylation is 3. The topological polar surface area (TPSA) is 78.8 Å². The monoisotopic (exact) mass is 419 g/mol. The van der Waals surface area contributed by atoms with Crippen molar-refractivity contribution in [1.82, 2.24) is 19.6 Å². The van der Waals surface area contributed by atoms with Gasteiger partial charge in [0.1, 0.15) is 11.4 Å². The van der Waals surface area contributed by atoms with Crippen LogP contribution < -0.4 is 4.31 Å². The van der Waals surface area contributed by atoms with Crippen molar-refractivity contribution >= 4 is 21.6 Å². The van der Waals surface area contributed by atoms with Gasteiger partial charge >= 0.3 is 0 Å². The van der Waals surface area contributed by atoms with E-state index in [9.17, 15) is 13.2 Å². The third-order valence-electron chi connectivity index (χ3n) is 5.45. The van der Waals surface area contributed by atoms with Crippen molar-refractivity contribution in [2.75, 3.05) is 44.1 Å². The highest BCUT2D eigenvalue weighted by molar-refractivity contribution is 7.93.